The number of amides is 3. The summed E-state index contributed by atoms with van der Waals surface area (Å²) >= 11 is 0.652. The molecule has 1 saturated heterocycles. The summed E-state index contributed by atoms with van der Waals surface area (Å²) in [5.41, 5.74) is 5.55. The van der Waals surface area contributed by atoms with Crippen molar-refractivity contribution in [3.63, 3.8) is 0 Å². The van der Waals surface area contributed by atoms with Crippen molar-refractivity contribution in [2.45, 2.75) is 0 Å². The molecule has 0 unspecified atom stereocenters. The molecule has 9 nitrogen and oxygen atoms in total. The predicted octanol–water partition coefficient (Wildman–Crippen LogP) is 0.680. The van der Waals surface area contributed by atoms with Gasteiger partial charge in [-0.1, -0.05) is 6.07 Å². The number of imide groups is 1. The van der Waals surface area contributed by atoms with Crippen LogP contribution in [0.25, 0.3) is 6.08 Å². The van der Waals surface area contributed by atoms with Gasteiger partial charge >= 0.3 is 5.97 Å². The summed E-state index contributed by atoms with van der Waals surface area (Å²) in [6.07, 6.45) is 1.44. The van der Waals surface area contributed by atoms with Crippen molar-refractivity contribution >= 4 is 40.9 Å². The lowest BCUT2D eigenvalue weighted by Crippen LogP contribution is -2.33. The molecule has 0 radical (unpaired) electrons. The van der Waals surface area contributed by atoms with Crippen molar-refractivity contribution in [1.82, 2.24) is 4.90 Å². The van der Waals surface area contributed by atoms with E-state index in [-0.39, 0.29) is 17.3 Å². The molecular formula is C15H14N2O7S. The van der Waals surface area contributed by atoms with E-state index in [1.54, 1.807) is 12.1 Å². The first kappa shape index (κ1) is 18.3. The number of hydrogen-bond donors (Lipinski definition) is 2. The number of carboxylic acid groups (broad SMARTS) is 1. The Labute approximate surface area is 146 Å². The predicted molar refractivity (Wildman–Crippen MR) is 88.0 cm³/mol. The van der Waals surface area contributed by atoms with Crippen molar-refractivity contribution in [3.05, 3.63) is 28.7 Å². The number of nitrogens with two attached hydrogens (primary N) is 1. The normalized spacial score (nSPS) is 15.6. The van der Waals surface area contributed by atoms with Gasteiger partial charge in [-0.3, -0.25) is 24.1 Å². The number of ether oxygens (including phenoxy) is 2. The van der Waals surface area contributed by atoms with Gasteiger partial charge in [0.25, 0.3) is 17.1 Å². The number of carbonyl (C=O) groups excluding carboxylic acids is 3. The van der Waals surface area contributed by atoms with Crippen LogP contribution in [0, 0.1) is 0 Å². The van der Waals surface area contributed by atoms with Crippen LogP contribution >= 0.6 is 11.8 Å². The number of hydrogen-bond acceptors (Lipinski definition) is 7. The van der Waals surface area contributed by atoms with Crippen LogP contribution in [-0.4, -0.2) is 53.3 Å². The average molecular weight is 366 g/mol. The summed E-state index contributed by atoms with van der Waals surface area (Å²) in [7, 11) is 1.40. The van der Waals surface area contributed by atoms with Crippen LogP contribution in [0.15, 0.2) is 23.1 Å². The molecule has 0 aliphatic carbocycles. The van der Waals surface area contributed by atoms with Gasteiger partial charge < -0.3 is 20.3 Å². The Morgan fingerprint density at radius 1 is 1.32 bits per heavy atom. The van der Waals surface area contributed by atoms with E-state index in [1.807, 2.05) is 0 Å². The second kappa shape index (κ2) is 7.71. The van der Waals surface area contributed by atoms with E-state index < -0.39 is 29.6 Å². The molecule has 3 amide bonds. The number of aliphatic carboxylic acids is 1. The lowest BCUT2D eigenvalue weighted by molar-refractivity contribution is -0.140. The largest absolute Gasteiger partial charge is 0.493 e. The molecule has 1 aliphatic rings. The molecule has 25 heavy (non-hydrogen) atoms. The minimum absolute atomic E-state index is 0.0964. The first-order chi connectivity index (χ1) is 11.8. The standard InChI is InChI=1S/C15H14N2O7S/c1-23-10-4-8(2-3-9(10)24-7-12(16)18)5-11-14(21)17(6-13(19)20)15(22)25-11/h2-5H,6-7H2,1H3,(H2,16,18)(H,19,20)/b11-5-. The van der Waals surface area contributed by atoms with Crippen LogP contribution in [0.3, 0.4) is 0 Å². The first-order valence-corrected chi connectivity index (χ1v) is 7.69. The zero-order valence-electron chi connectivity index (χ0n) is 13.1. The van der Waals surface area contributed by atoms with Gasteiger partial charge in [0.2, 0.25) is 0 Å². The van der Waals surface area contributed by atoms with Crippen molar-refractivity contribution in [2.75, 3.05) is 20.3 Å². The van der Waals surface area contributed by atoms with Crippen LogP contribution < -0.4 is 15.2 Å². The summed E-state index contributed by atoms with van der Waals surface area (Å²) in [5.74, 6) is -2.00. The van der Waals surface area contributed by atoms with E-state index in [2.05, 4.69) is 0 Å². The van der Waals surface area contributed by atoms with Crippen molar-refractivity contribution in [1.29, 1.82) is 0 Å². The van der Waals surface area contributed by atoms with Crippen LogP contribution in [0.2, 0.25) is 0 Å². The second-order valence-electron chi connectivity index (χ2n) is 4.83. The number of rotatable bonds is 7. The fourth-order valence-electron chi connectivity index (χ4n) is 1.97. The van der Waals surface area contributed by atoms with Crippen LogP contribution in [0.1, 0.15) is 5.56 Å². The fourth-order valence-corrected chi connectivity index (χ4v) is 2.80. The maximum atomic E-state index is 12.1. The molecule has 1 heterocycles. The van der Waals surface area contributed by atoms with E-state index >= 15 is 0 Å². The average Bonchev–Trinajstić information content (AvgIpc) is 2.80. The minimum atomic E-state index is -1.28. The smallest absolute Gasteiger partial charge is 0.323 e. The molecule has 10 heteroatoms. The van der Waals surface area contributed by atoms with Crippen molar-refractivity contribution in [2.24, 2.45) is 5.73 Å². The third-order valence-corrected chi connectivity index (χ3v) is 3.93. The Kier molecular flexibility index (Phi) is 5.65. The Morgan fingerprint density at radius 2 is 2.04 bits per heavy atom. The van der Waals surface area contributed by atoms with Gasteiger partial charge in [-0.15, -0.1) is 0 Å². The monoisotopic (exact) mass is 366 g/mol. The first-order valence-electron chi connectivity index (χ1n) is 6.88. The zero-order valence-corrected chi connectivity index (χ0v) is 13.9. The van der Waals surface area contributed by atoms with E-state index in [4.69, 9.17) is 20.3 Å². The van der Waals surface area contributed by atoms with Gasteiger partial charge in [0.1, 0.15) is 6.54 Å². The molecule has 3 N–H and O–H groups in total. The number of carboxylic acids is 1. The lowest BCUT2D eigenvalue weighted by Gasteiger charge is -2.10. The van der Waals surface area contributed by atoms with Crippen molar-refractivity contribution in [3.8, 4) is 11.5 Å². The molecule has 0 bridgehead atoms. The molecule has 0 atom stereocenters. The Hall–Kier alpha value is -3.01. The number of thioether (sulfide) groups is 1. The molecule has 132 valence electrons. The summed E-state index contributed by atoms with van der Waals surface area (Å²) in [6, 6.07) is 4.65. The van der Waals surface area contributed by atoms with Gasteiger partial charge in [-0.05, 0) is 35.5 Å². The molecule has 0 spiro atoms. The minimum Gasteiger partial charge on any atom is -0.493 e. The molecular weight excluding hydrogens is 352 g/mol. The van der Waals surface area contributed by atoms with Gasteiger partial charge in [0, 0.05) is 0 Å². The summed E-state index contributed by atoms with van der Waals surface area (Å²) in [6.45, 7) is -1.00. The summed E-state index contributed by atoms with van der Waals surface area (Å²) in [4.78, 5) is 46.0. The topological polar surface area (TPSA) is 136 Å². The summed E-state index contributed by atoms with van der Waals surface area (Å²) < 4.78 is 10.3. The highest BCUT2D eigenvalue weighted by Crippen LogP contribution is 2.34. The number of benzene rings is 1. The number of methoxy groups -OCH3 is 1. The number of carbonyl (C=O) groups is 4. The molecule has 1 aromatic carbocycles. The third kappa shape index (κ3) is 4.51. The van der Waals surface area contributed by atoms with Gasteiger partial charge in [0.15, 0.2) is 18.1 Å². The quantitative estimate of drug-likeness (QED) is 0.672. The van der Waals surface area contributed by atoms with Gasteiger partial charge in [0.05, 0.1) is 12.0 Å². The second-order valence-corrected chi connectivity index (χ2v) is 5.82. The highest BCUT2D eigenvalue weighted by atomic mass is 32.2. The molecule has 1 aromatic rings. The Morgan fingerprint density at radius 3 is 2.64 bits per heavy atom. The maximum Gasteiger partial charge on any atom is 0.323 e. The van der Waals surface area contributed by atoms with Crippen LogP contribution in [0.5, 0.6) is 11.5 Å². The van der Waals surface area contributed by atoms with Crippen LogP contribution in [0.4, 0.5) is 4.79 Å². The third-order valence-electron chi connectivity index (χ3n) is 3.02. The van der Waals surface area contributed by atoms with Gasteiger partial charge in [-0.2, -0.15) is 0 Å². The zero-order chi connectivity index (χ0) is 18.6. The number of nitrogens with zero attached hydrogens (tertiary/aromatic N) is 1. The molecule has 1 aliphatic heterocycles. The van der Waals surface area contributed by atoms with E-state index in [0.717, 1.165) is 0 Å². The SMILES string of the molecule is COc1cc(/C=C2\SC(=O)N(CC(=O)O)C2=O)ccc1OCC(N)=O. The fraction of sp³-hybridized carbons (Fsp3) is 0.200. The Bertz CT molecular complexity index is 775. The molecule has 0 saturated carbocycles. The Balaban J connectivity index is 2.23. The molecule has 0 aromatic heterocycles. The van der Waals surface area contributed by atoms with E-state index in [0.29, 0.717) is 28.0 Å². The van der Waals surface area contributed by atoms with E-state index in [9.17, 15) is 19.2 Å². The molecule has 1 fully saturated rings. The molecule has 2 rings (SSSR count). The highest BCUT2D eigenvalue weighted by molar-refractivity contribution is 8.18. The highest BCUT2D eigenvalue weighted by Gasteiger charge is 2.36. The van der Waals surface area contributed by atoms with Gasteiger partial charge in [-0.25, -0.2) is 0 Å². The maximum absolute atomic E-state index is 12.1. The lowest BCUT2D eigenvalue weighted by atomic mass is 10.2. The van der Waals surface area contributed by atoms with E-state index in [1.165, 1.54) is 19.3 Å². The number of primary amides is 1. The van der Waals surface area contributed by atoms with Crippen LogP contribution in [-0.2, 0) is 14.4 Å². The summed E-state index contributed by atoms with van der Waals surface area (Å²) in [5, 5.41) is 8.09. The van der Waals surface area contributed by atoms with Crippen molar-refractivity contribution < 1.29 is 33.8 Å².